The molecule has 1 atom stereocenters. The van der Waals surface area contributed by atoms with Gasteiger partial charge in [0.2, 0.25) is 0 Å². The number of halogens is 1. The van der Waals surface area contributed by atoms with E-state index in [9.17, 15) is 9.18 Å². The van der Waals surface area contributed by atoms with Crippen molar-refractivity contribution in [2.75, 3.05) is 19.7 Å². The maximum atomic E-state index is 13.0. The Hall–Kier alpha value is -1.46. The Morgan fingerprint density at radius 2 is 2.30 bits per heavy atom. The topological polar surface area (TPSA) is 38.8 Å². The van der Waals surface area contributed by atoms with E-state index in [0.717, 1.165) is 18.4 Å². The van der Waals surface area contributed by atoms with Gasteiger partial charge in [0.05, 0.1) is 12.7 Å². The molecule has 3 rings (SSSR count). The third-order valence-electron chi connectivity index (χ3n) is 3.74. The molecule has 4 nitrogen and oxygen atoms in total. The van der Waals surface area contributed by atoms with Crippen LogP contribution in [-0.2, 0) is 20.9 Å². The molecule has 2 saturated heterocycles. The summed E-state index contributed by atoms with van der Waals surface area (Å²) >= 11 is 0. The number of benzene rings is 1. The number of hydrogen-bond acceptors (Lipinski definition) is 3. The molecule has 0 spiro atoms. The number of carbonyl (C=O) groups excluding carboxylic acids is 1. The molecule has 0 N–H and O–H groups in total. The van der Waals surface area contributed by atoms with Gasteiger partial charge in [-0.25, -0.2) is 4.39 Å². The van der Waals surface area contributed by atoms with Crippen molar-refractivity contribution >= 4 is 5.91 Å². The monoisotopic (exact) mass is 279 g/mol. The van der Waals surface area contributed by atoms with Gasteiger partial charge in [-0.3, -0.25) is 4.79 Å². The van der Waals surface area contributed by atoms with Gasteiger partial charge in [-0.1, -0.05) is 12.1 Å². The summed E-state index contributed by atoms with van der Waals surface area (Å²) in [4.78, 5) is 13.8. The SMILES string of the molecule is O=C([C@H]1CCCO1)N1CC(OCc2cccc(F)c2)C1. The number of nitrogens with zero attached hydrogens (tertiary/aromatic N) is 1. The summed E-state index contributed by atoms with van der Waals surface area (Å²) in [6, 6.07) is 6.38. The van der Waals surface area contributed by atoms with Gasteiger partial charge in [-0.05, 0) is 30.5 Å². The third kappa shape index (κ3) is 2.99. The van der Waals surface area contributed by atoms with Gasteiger partial charge < -0.3 is 14.4 Å². The van der Waals surface area contributed by atoms with Crippen molar-refractivity contribution in [3.63, 3.8) is 0 Å². The molecule has 0 aromatic heterocycles. The largest absolute Gasteiger partial charge is 0.370 e. The predicted molar refractivity (Wildman–Crippen MR) is 70.5 cm³/mol. The van der Waals surface area contributed by atoms with Crippen molar-refractivity contribution in [2.24, 2.45) is 0 Å². The van der Waals surface area contributed by atoms with E-state index >= 15 is 0 Å². The highest BCUT2D eigenvalue weighted by Crippen LogP contribution is 2.20. The summed E-state index contributed by atoms with van der Waals surface area (Å²) in [5.41, 5.74) is 0.814. The lowest BCUT2D eigenvalue weighted by atomic mass is 10.1. The van der Waals surface area contributed by atoms with Crippen LogP contribution in [0.3, 0.4) is 0 Å². The Labute approximate surface area is 117 Å². The second kappa shape index (κ2) is 5.89. The van der Waals surface area contributed by atoms with Crippen LogP contribution in [0, 0.1) is 5.82 Å². The van der Waals surface area contributed by atoms with Crippen LogP contribution in [0.1, 0.15) is 18.4 Å². The average molecular weight is 279 g/mol. The summed E-state index contributed by atoms with van der Waals surface area (Å²) in [7, 11) is 0. The third-order valence-corrected chi connectivity index (χ3v) is 3.74. The quantitative estimate of drug-likeness (QED) is 0.842. The molecule has 2 fully saturated rings. The zero-order chi connectivity index (χ0) is 13.9. The fourth-order valence-electron chi connectivity index (χ4n) is 2.54. The first kappa shape index (κ1) is 13.5. The highest BCUT2D eigenvalue weighted by molar-refractivity contribution is 5.82. The molecule has 5 heteroatoms. The van der Waals surface area contributed by atoms with Crippen LogP contribution in [0.5, 0.6) is 0 Å². The fraction of sp³-hybridized carbons (Fsp3) is 0.533. The molecule has 2 aliphatic rings. The smallest absolute Gasteiger partial charge is 0.251 e. The molecule has 0 unspecified atom stereocenters. The first-order valence-corrected chi connectivity index (χ1v) is 6.99. The number of carbonyl (C=O) groups is 1. The molecule has 1 aromatic carbocycles. The molecule has 1 aromatic rings. The number of ether oxygens (including phenoxy) is 2. The van der Waals surface area contributed by atoms with Gasteiger partial charge >= 0.3 is 0 Å². The maximum absolute atomic E-state index is 13.0. The Morgan fingerprint density at radius 3 is 3.00 bits per heavy atom. The zero-order valence-corrected chi connectivity index (χ0v) is 11.3. The van der Waals surface area contributed by atoms with E-state index in [4.69, 9.17) is 9.47 Å². The van der Waals surface area contributed by atoms with Crippen LogP contribution in [-0.4, -0.2) is 42.7 Å². The van der Waals surface area contributed by atoms with E-state index in [1.807, 2.05) is 6.07 Å². The normalized spacial score (nSPS) is 22.9. The first-order chi connectivity index (χ1) is 9.72. The molecule has 2 aliphatic heterocycles. The van der Waals surface area contributed by atoms with Crippen LogP contribution in [0.4, 0.5) is 4.39 Å². The van der Waals surface area contributed by atoms with Crippen LogP contribution >= 0.6 is 0 Å². The second-order valence-electron chi connectivity index (χ2n) is 5.31. The Kier molecular flexibility index (Phi) is 3.98. The zero-order valence-electron chi connectivity index (χ0n) is 11.3. The Balaban J connectivity index is 1.41. The van der Waals surface area contributed by atoms with Gasteiger partial charge in [-0.2, -0.15) is 0 Å². The highest BCUT2D eigenvalue weighted by atomic mass is 19.1. The Morgan fingerprint density at radius 1 is 1.45 bits per heavy atom. The molecular formula is C15H18FNO3. The van der Waals surface area contributed by atoms with Crippen LogP contribution in [0.2, 0.25) is 0 Å². The van der Waals surface area contributed by atoms with Crippen LogP contribution in [0.25, 0.3) is 0 Å². The molecule has 0 aliphatic carbocycles. The molecular weight excluding hydrogens is 261 g/mol. The minimum Gasteiger partial charge on any atom is -0.370 e. The minimum absolute atomic E-state index is 0.0450. The van der Waals surface area contributed by atoms with E-state index in [1.165, 1.54) is 12.1 Å². The van der Waals surface area contributed by atoms with Gasteiger partial charge in [0.15, 0.2) is 0 Å². The van der Waals surface area contributed by atoms with Gasteiger partial charge in [0.1, 0.15) is 11.9 Å². The fourth-order valence-corrected chi connectivity index (χ4v) is 2.54. The molecule has 2 heterocycles. The number of hydrogen-bond donors (Lipinski definition) is 0. The van der Waals surface area contributed by atoms with Crippen molar-refractivity contribution in [1.82, 2.24) is 4.90 Å². The van der Waals surface area contributed by atoms with Gasteiger partial charge in [-0.15, -0.1) is 0 Å². The van der Waals surface area contributed by atoms with Crippen molar-refractivity contribution in [2.45, 2.75) is 31.7 Å². The van der Waals surface area contributed by atoms with Gasteiger partial charge in [0, 0.05) is 19.7 Å². The average Bonchev–Trinajstić information content (AvgIpc) is 2.90. The lowest BCUT2D eigenvalue weighted by Crippen LogP contribution is -2.57. The molecule has 20 heavy (non-hydrogen) atoms. The summed E-state index contributed by atoms with van der Waals surface area (Å²) in [6.45, 7) is 2.27. The standard InChI is InChI=1S/C15H18FNO3/c16-12-4-1-3-11(7-12)10-20-13-8-17(9-13)15(18)14-5-2-6-19-14/h1,3-4,7,13-14H,2,5-6,8-10H2/t14-/m1/s1. The Bertz CT molecular complexity index is 482. The van der Waals surface area contributed by atoms with Crippen molar-refractivity contribution in [3.05, 3.63) is 35.6 Å². The van der Waals surface area contributed by atoms with Crippen molar-refractivity contribution < 1.29 is 18.7 Å². The van der Waals surface area contributed by atoms with Gasteiger partial charge in [0.25, 0.3) is 5.91 Å². The molecule has 0 bridgehead atoms. The lowest BCUT2D eigenvalue weighted by Gasteiger charge is -2.40. The highest BCUT2D eigenvalue weighted by Gasteiger charge is 2.36. The lowest BCUT2D eigenvalue weighted by molar-refractivity contribution is -0.155. The maximum Gasteiger partial charge on any atom is 0.251 e. The summed E-state index contributed by atoms with van der Waals surface area (Å²) in [5.74, 6) is -0.178. The van der Waals surface area contributed by atoms with E-state index in [2.05, 4.69) is 0 Å². The number of amides is 1. The number of likely N-dealkylation sites (tertiary alicyclic amines) is 1. The summed E-state index contributed by atoms with van der Waals surface area (Å²) < 4.78 is 24.0. The van der Waals surface area contributed by atoms with E-state index in [-0.39, 0.29) is 23.9 Å². The summed E-state index contributed by atoms with van der Waals surface area (Å²) in [5, 5.41) is 0. The summed E-state index contributed by atoms with van der Waals surface area (Å²) in [6.07, 6.45) is 1.58. The predicted octanol–water partition coefficient (Wildman–Crippen LogP) is 1.73. The van der Waals surface area contributed by atoms with Crippen molar-refractivity contribution in [3.8, 4) is 0 Å². The molecule has 0 radical (unpaired) electrons. The molecule has 1 amide bonds. The van der Waals surface area contributed by atoms with E-state index in [0.29, 0.717) is 26.3 Å². The minimum atomic E-state index is -0.255. The van der Waals surface area contributed by atoms with E-state index < -0.39 is 0 Å². The number of rotatable bonds is 4. The van der Waals surface area contributed by atoms with Crippen LogP contribution in [0.15, 0.2) is 24.3 Å². The first-order valence-electron chi connectivity index (χ1n) is 6.99. The van der Waals surface area contributed by atoms with Crippen molar-refractivity contribution in [1.29, 1.82) is 0 Å². The second-order valence-corrected chi connectivity index (χ2v) is 5.31. The van der Waals surface area contributed by atoms with E-state index in [1.54, 1.807) is 11.0 Å². The van der Waals surface area contributed by atoms with Crippen LogP contribution < -0.4 is 0 Å². The molecule has 108 valence electrons. The molecule has 0 saturated carbocycles.